The van der Waals surface area contributed by atoms with Crippen LogP contribution < -0.4 is 5.32 Å². The summed E-state index contributed by atoms with van der Waals surface area (Å²) in [5, 5.41) is 3.52. The molecule has 0 bridgehead atoms. The van der Waals surface area contributed by atoms with Gasteiger partial charge in [0.05, 0.1) is 6.54 Å². The van der Waals surface area contributed by atoms with E-state index in [4.69, 9.17) is 4.42 Å². The van der Waals surface area contributed by atoms with E-state index >= 15 is 0 Å². The first-order valence-electron chi connectivity index (χ1n) is 5.71. The zero-order valence-electron chi connectivity index (χ0n) is 9.94. The molecule has 0 atom stereocenters. The Morgan fingerprint density at radius 3 is 2.71 bits per heavy atom. The van der Waals surface area contributed by atoms with Gasteiger partial charge in [0.1, 0.15) is 11.6 Å². The van der Waals surface area contributed by atoms with Gasteiger partial charge < -0.3 is 9.73 Å². The fourth-order valence-corrected chi connectivity index (χ4v) is 2.05. The van der Waals surface area contributed by atoms with Crippen molar-refractivity contribution in [3.8, 4) is 0 Å². The number of rotatable bonds is 4. The summed E-state index contributed by atoms with van der Waals surface area (Å²) < 4.78 is 32.3. The standard InChI is InChI=1S/C13H15F2NO/c1-3-4-9-10-5-8(14)6-11(15)13(10)17-12(9)7-16-2/h5-6,16H,3-4,7H2,1-2H3. The van der Waals surface area contributed by atoms with Gasteiger partial charge in [0.15, 0.2) is 11.4 Å². The summed E-state index contributed by atoms with van der Waals surface area (Å²) >= 11 is 0. The fourth-order valence-electron chi connectivity index (χ4n) is 2.05. The van der Waals surface area contributed by atoms with Crippen LogP contribution in [0.15, 0.2) is 16.5 Å². The van der Waals surface area contributed by atoms with Gasteiger partial charge in [0, 0.05) is 17.0 Å². The van der Waals surface area contributed by atoms with E-state index in [2.05, 4.69) is 5.32 Å². The van der Waals surface area contributed by atoms with E-state index in [1.54, 1.807) is 7.05 Å². The second-order valence-corrected chi connectivity index (χ2v) is 4.05. The lowest BCUT2D eigenvalue weighted by atomic mass is 10.1. The molecular weight excluding hydrogens is 224 g/mol. The van der Waals surface area contributed by atoms with Gasteiger partial charge in [0.2, 0.25) is 0 Å². The molecule has 2 aromatic rings. The maximum Gasteiger partial charge on any atom is 0.170 e. The summed E-state index contributed by atoms with van der Waals surface area (Å²) in [7, 11) is 1.79. The zero-order valence-corrected chi connectivity index (χ0v) is 9.94. The van der Waals surface area contributed by atoms with E-state index < -0.39 is 11.6 Å². The van der Waals surface area contributed by atoms with E-state index in [-0.39, 0.29) is 5.58 Å². The molecule has 17 heavy (non-hydrogen) atoms. The first kappa shape index (κ1) is 12.0. The van der Waals surface area contributed by atoms with Crippen molar-refractivity contribution in [2.75, 3.05) is 7.05 Å². The smallest absolute Gasteiger partial charge is 0.170 e. The van der Waals surface area contributed by atoms with Crippen LogP contribution in [0.5, 0.6) is 0 Å². The molecule has 0 aliphatic carbocycles. The number of fused-ring (bicyclic) bond motifs is 1. The minimum Gasteiger partial charge on any atom is -0.456 e. The van der Waals surface area contributed by atoms with E-state index in [0.717, 1.165) is 24.5 Å². The van der Waals surface area contributed by atoms with Crippen LogP contribution >= 0.6 is 0 Å². The summed E-state index contributed by atoms with van der Waals surface area (Å²) in [6.07, 6.45) is 1.66. The highest BCUT2D eigenvalue weighted by molar-refractivity contribution is 5.83. The lowest BCUT2D eigenvalue weighted by Crippen LogP contribution is -2.05. The summed E-state index contributed by atoms with van der Waals surface area (Å²) in [6, 6.07) is 2.19. The molecule has 0 fully saturated rings. The largest absolute Gasteiger partial charge is 0.456 e. The third-order valence-electron chi connectivity index (χ3n) is 2.73. The van der Waals surface area contributed by atoms with Crippen molar-refractivity contribution in [1.82, 2.24) is 5.32 Å². The minimum absolute atomic E-state index is 0.153. The van der Waals surface area contributed by atoms with Crippen LogP contribution in [0.25, 0.3) is 11.0 Å². The van der Waals surface area contributed by atoms with Crippen LogP contribution in [0.2, 0.25) is 0 Å². The molecule has 2 rings (SSSR count). The Labute approximate surface area is 98.6 Å². The second-order valence-electron chi connectivity index (χ2n) is 4.05. The van der Waals surface area contributed by atoms with Crippen molar-refractivity contribution in [1.29, 1.82) is 0 Å². The Morgan fingerprint density at radius 1 is 1.29 bits per heavy atom. The molecule has 0 aliphatic heterocycles. The number of hydrogen-bond acceptors (Lipinski definition) is 2. The Bertz CT molecular complexity index is 534. The third-order valence-corrected chi connectivity index (χ3v) is 2.73. The molecule has 0 aliphatic rings. The number of aryl methyl sites for hydroxylation is 1. The summed E-state index contributed by atoms with van der Waals surface area (Å²) in [5.74, 6) is -0.516. The molecule has 1 aromatic heterocycles. The predicted molar refractivity (Wildman–Crippen MR) is 62.9 cm³/mol. The second kappa shape index (κ2) is 4.84. The van der Waals surface area contributed by atoms with E-state index in [0.29, 0.717) is 17.7 Å². The van der Waals surface area contributed by atoms with Crippen molar-refractivity contribution >= 4 is 11.0 Å². The van der Waals surface area contributed by atoms with Gasteiger partial charge in [-0.05, 0) is 19.5 Å². The molecule has 0 radical (unpaired) electrons. The van der Waals surface area contributed by atoms with Crippen molar-refractivity contribution in [3.63, 3.8) is 0 Å². The molecule has 1 N–H and O–H groups in total. The van der Waals surface area contributed by atoms with Crippen LogP contribution in [-0.2, 0) is 13.0 Å². The minimum atomic E-state index is -0.639. The zero-order chi connectivity index (χ0) is 12.4. The monoisotopic (exact) mass is 239 g/mol. The first-order valence-corrected chi connectivity index (χ1v) is 5.71. The normalized spacial score (nSPS) is 11.3. The van der Waals surface area contributed by atoms with Crippen molar-refractivity contribution in [2.24, 2.45) is 0 Å². The van der Waals surface area contributed by atoms with Crippen LogP contribution in [0.4, 0.5) is 8.78 Å². The molecular formula is C13H15F2NO. The number of benzene rings is 1. The molecule has 0 unspecified atom stereocenters. The van der Waals surface area contributed by atoms with E-state index in [1.807, 2.05) is 6.92 Å². The molecule has 0 spiro atoms. The number of furan rings is 1. The molecule has 4 heteroatoms. The topological polar surface area (TPSA) is 25.2 Å². The van der Waals surface area contributed by atoms with E-state index in [9.17, 15) is 8.78 Å². The van der Waals surface area contributed by atoms with Gasteiger partial charge in [-0.25, -0.2) is 8.78 Å². The highest BCUT2D eigenvalue weighted by Gasteiger charge is 2.17. The number of nitrogens with one attached hydrogen (secondary N) is 1. The average Bonchev–Trinajstić information content (AvgIpc) is 2.59. The van der Waals surface area contributed by atoms with Gasteiger partial charge in [0.25, 0.3) is 0 Å². The molecule has 0 saturated heterocycles. The Hall–Kier alpha value is -1.42. The fraction of sp³-hybridized carbons (Fsp3) is 0.385. The van der Waals surface area contributed by atoms with E-state index in [1.165, 1.54) is 6.07 Å². The van der Waals surface area contributed by atoms with Gasteiger partial charge >= 0.3 is 0 Å². The molecule has 1 heterocycles. The van der Waals surface area contributed by atoms with Crippen molar-refractivity contribution in [2.45, 2.75) is 26.3 Å². The Morgan fingerprint density at radius 2 is 2.06 bits per heavy atom. The Kier molecular flexibility index (Phi) is 3.43. The summed E-state index contributed by atoms with van der Waals surface area (Å²) in [6.45, 7) is 2.54. The van der Waals surface area contributed by atoms with Crippen LogP contribution in [0, 0.1) is 11.6 Å². The maximum atomic E-state index is 13.6. The van der Waals surface area contributed by atoms with Gasteiger partial charge in [-0.15, -0.1) is 0 Å². The van der Waals surface area contributed by atoms with Crippen molar-refractivity contribution < 1.29 is 13.2 Å². The predicted octanol–water partition coefficient (Wildman–Crippen LogP) is 3.38. The van der Waals surface area contributed by atoms with Gasteiger partial charge in [-0.3, -0.25) is 0 Å². The first-order chi connectivity index (χ1) is 8.17. The quantitative estimate of drug-likeness (QED) is 0.884. The van der Waals surface area contributed by atoms with Crippen LogP contribution in [0.1, 0.15) is 24.7 Å². The highest BCUT2D eigenvalue weighted by Crippen LogP contribution is 2.30. The number of halogens is 2. The molecule has 1 aromatic carbocycles. The highest BCUT2D eigenvalue weighted by atomic mass is 19.1. The Balaban J connectivity index is 2.66. The number of hydrogen-bond donors (Lipinski definition) is 1. The lowest BCUT2D eigenvalue weighted by Gasteiger charge is -2.00. The summed E-state index contributed by atoms with van der Waals surface area (Å²) in [5.41, 5.74) is 1.05. The average molecular weight is 239 g/mol. The molecule has 92 valence electrons. The summed E-state index contributed by atoms with van der Waals surface area (Å²) in [4.78, 5) is 0. The van der Waals surface area contributed by atoms with Crippen LogP contribution in [-0.4, -0.2) is 7.05 Å². The maximum absolute atomic E-state index is 13.6. The third kappa shape index (κ3) is 2.17. The molecule has 0 saturated carbocycles. The van der Waals surface area contributed by atoms with Crippen molar-refractivity contribution in [3.05, 3.63) is 35.1 Å². The molecule has 2 nitrogen and oxygen atoms in total. The molecule has 0 amide bonds. The lowest BCUT2D eigenvalue weighted by molar-refractivity contribution is 0.498. The van der Waals surface area contributed by atoms with Gasteiger partial charge in [-0.2, -0.15) is 0 Å². The van der Waals surface area contributed by atoms with Gasteiger partial charge in [-0.1, -0.05) is 13.3 Å². The van der Waals surface area contributed by atoms with Crippen LogP contribution in [0.3, 0.4) is 0 Å². The SMILES string of the molecule is CCCc1c(CNC)oc2c(F)cc(F)cc12.